The van der Waals surface area contributed by atoms with Crippen molar-refractivity contribution in [2.45, 2.75) is 6.92 Å². The highest BCUT2D eigenvalue weighted by Gasteiger charge is 2.00. The van der Waals surface area contributed by atoms with Gasteiger partial charge in [-0.2, -0.15) is 0 Å². The van der Waals surface area contributed by atoms with E-state index in [9.17, 15) is 0 Å². The Hall–Kier alpha value is -0.840. The van der Waals surface area contributed by atoms with E-state index in [1.54, 1.807) is 0 Å². The predicted octanol–water partition coefficient (Wildman–Crippen LogP) is 2.79. The molecule has 2 aromatic rings. The maximum atomic E-state index is 4.19. The van der Waals surface area contributed by atoms with E-state index in [0.717, 1.165) is 5.69 Å². The van der Waals surface area contributed by atoms with Crippen LogP contribution in [0.1, 0.15) is 5.69 Å². The first kappa shape index (κ1) is 8.74. The number of aromatic nitrogens is 2. The number of halogens is 1. The highest BCUT2D eigenvalue weighted by atomic mass is 127. The number of imidazole rings is 1. The maximum Gasteiger partial charge on any atom is 0.0995 e. The summed E-state index contributed by atoms with van der Waals surface area (Å²) in [5, 5.41) is 0. The van der Waals surface area contributed by atoms with E-state index >= 15 is 0 Å². The van der Waals surface area contributed by atoms with Crippen molar-refractivity contribution in [3.8, 4) is 5.69 Å². The Kier molecular flexibility index (Phi) is 2.35. The summed E-state index contributed by atoms with van der Waals surface area (Å²) >= 11 is 2.32. The third-order valence-electron chi connectivity index (χ3n) is 1.84. The number of hydrogen-bond acceptors (Lipinski definition) is 1. The van der Waals surface area contributed by atoms with Gasteiger partial charge >= 0.3 is 0 Å². The second-order valence-electron chi connectivity index (χ2n) is 2.87. The third-order valence-corrected chi connectivity index (χ3v) is 2.75. The second kappa shape index (κ2) is 3.49. The van der Waals surface area contributed by atoms with E-state index in [-0.39, 0.29) is 0 Å². The Morgan fingerprint density at radius 2 is 2.08 bits per heavy atom. The van der Waals surface area contributed by atoms with Crippen molar-refractivity contribution in [1.82, 2.24) is 9.55 Å². The minimum Gasteiger partial charge on any atom is -0.305 e. The zero-order chi connectivity index (χ0) is 9.26. The highest BCUT2D eigenvalue weighted by Crippen LogP contribution is 2.16. The fraction of sp³-hybridized carbons (Fsp3) is 0.100. The fourth-order valence-corrected chi connectivity index (χ4v) is 1.88. The number of para-hydroxylation sites is 1. The molecule has 3 heteroatoms. The molecule has 0 fully saturated rings. The van der Waals surface area contributed by atoms with Gasteiger partial charge in [-0.05, 0) is 41.6 Å². The van der Waals surface area contributed by atoms with Gasteiger partial charge in [0.2, 0.25) is 0 Å². The van der Waals surface area contributed by atoms with Gasteiger partial charge in [-0.25, -0.2) is 4.98 Å². The minimum absolute atomic E-state index is 1.04. The van der Waals surface area contributed by atoms with Crippen LogP contribution in [0.3, 0.4) is 0 Å². The molecular weight excluding hydrogens is 275 g/mol. The lowest BCUT2D eigenvalue weighted by molar-refractivity contribution is 1.05. The van der Waals surface area contributed by atoms with Crippen LogP contribution in [0.4, 0.5) is 0 Å². The molecule has 0 atom stereocenters. The lowest BCUT2D eigenvalue weighted by atomic mass is 10.3. The van der Waals surface area contributed by atoms with Crippen LogP contribution in [0.25, 0.3) is 5.69 Å². The van der Waals surface area contributed by atoms with Gasteiger partial charge in [0.05, 0.1) is 17.7 Å². The number of aryl methyl sites for hydroxylation is 1. The molecule has 1 aromatic carbocycles. The lowest BCUT2D eigenvalue weighted by Gasteiger charge is -2.03. The van der Waals surface area contributed by atoms with Gasteiger partial charge in [0.25, 0.3) is 0 Å². The molecule has 0 aliphatic heterocycles. The van der Waals surface area contributed by atoms with Crippen LogP contribution in [0.5, 0.6) is 0 Å². The van der Waals surface area contributed by atoms with E-state index in [4.69, 9.17) is 0 Å². The highest BCUT2D eigenvalue weighted by molar-refractivity contribution is 14.1. The van der Waals surface area contributed by atoms with Gasteiger partial charge in [-0.3, -0.25) is 0 Å². The molecule has 0 saturated carbocycles. The first-order valence-electron chi connectivity index (χ1n) is 4.03. The molecule has 0 aliphatic rings. The summed E-state index contributed by atoms with van der Waals surface area (Å²) in [6, 6.07) is 8.25. The molecule has 1 heterocycles. The van der Waals surface area contributed by atoms with Crippen molar-refractivity contribution in [3.05, 3.63) is 46.1 Å². The smallest absolute Gasteiger partial charge is 0.0995 e. The Morgan fingerprint density at radius 3 is 2.69 bits per heavy atom. The fourth-order valence-electron chi connectivity index (χ4n) is 1.21. The molecule has 0 bridgehead atoms. The van der Waals surface area contributed by atoms with Crippen molar-refractivity contribution in [2.24, 2.45) is 0 Å². The average molecular weight is 284 g/mol. The van der Waals surface area contributed by atoms with Crippen molar-refractivity contribution < 1.29 is 0 Å². The molecule has 0 spiro atoms. The quantitative estimate of drug-likeness (QED) is 0.736. The standard InChI is InChI=1S/C10H9IN2/c1-8-6-13(7-12-8)10-5-3-2-4-9(10)11/h2-7H,1H3. The molecule has 0 unspecified atom stereocenters. The van der Waals surface area contributed by atoms with Crippen LogP contribution in [0, 0.1) is 10.5 Å². The van der Waals surface area contributed by atoms with Crippen LogP contribution < -0.4 is 0 Å². The molecule has 0 amide bonds. The van der Waals surface area contributed by atoms with E-state index < -0.39 is 0 Å². The SMILES string of the molecule is Cc1cn(-c2ccccc2I)cn1. The van der Waals surface area contributed by atoms with Crippen molar-refractivity contribution in [1.29, 1.82) is 0 Å². The topological polar surface area (TPSA) is 17.8 Å². The minimum atomic E-state index is 1.04. The summed E-state index contributed by atoms with van der Waals surface area (Å²) in [7, 11) is 0. The molecule has 2 nitrogen and oxygen atoms in total. The second-order valence-corrected chi connectivity index (χ2v) is 4.04. The van der Waals surface area contributed by atoms with Crippen LogP contribution in [0.2, 0.25) is 0 Å². The van der Waals surface area contributed by atoms with Crippen molar-refractivity contribution >= 4 is 22.6 Å². The van der Waals surface area contributed by atoms with Crippen molar-refractivity contribution in [3.63, 3.8) is 0 Å². The molecule has 0 radical (unpaired) electrons. The summed E-state index contributed by atoms with van der Waals surface area (Å²) in [5.74, 6) is 0. The maximum absolute atomic E-state index is 4.19. The van der Waals surface area contributed by atoms with Gasteiger partial charge in [-0.1, -0.05) is 12.1 Å². The average Bonchev–Trinajstić information content (AvgIpc) is 2.53. The summed E-state index contributed by atoms with van der Waals surface area (Å²) in [6.45, 7) is 1.99. The Labute approximate surface area is 90.8 Å². The Bertz CT molecular complexity index is 420. The molecule has 2 rings (SSSR count). The summed E-state index contributed by atoms with van der Waals surface area (Å²) < 4.78 is 3.27. The van der Waals surface area contributed by atoms with E-state index in [2.05, 4.69) is 39.7 Å². The number of benzene rings is 1. The van der Waals surface area contributed by atoms with Crippen LogP contribution in [0.15, 0.2) is 36.8 Å². The molecule has 1 aromatic heterocycles. The van der Waals surface area contributed by atoms with E-state index in [1.807, 2.05) is 36.1 Å². The first-order valence-corrected chi connectivity index (χ1v) is 5.11. The van der Waals surface area contributed by atoms with Crippen molar-refractivity contribution in [2.75, 3.05) is 0 Å². The van der Waals surface area contributed by atoms with Crippen LogP contribution in [-0.4, -0.2) is 9.55 Å². The Balaban J connectivity index is 2.52. The zero-order valence-corrected chi connectivity index (χ0v) is 9.39. The molecule has 0 saturated heterocycles. The van der Waals surface area contributed by atoms with E-state index in [1.165, 1.54) is 9.26 Å². The third kappa shape index (κ3) is 1.75. The predicted molar refractivity (Wildman–Crippen MR) is 61.0 cm³/mol. The lowest BCUT2D eigenvalue weighted by Crippen LogP contribution is -1.92. The molecule has 0 aliphatic carbocycles. The zero-order valence-electron chi connectivity index (χ0n) is 7.24. The van der Waals surface area contributed by atoms with E-state index in [0.29, 0.717) is 0 Å². The largest absolute Gasteiger partial charge is 0.305 e. The molecule has 0 N–H and O–H groups in total. The van der Waals surface area contributed by atoms with Crippen LogP contribution in [-0.2, 0) is 0 Å². The van der Waals surface area contributed by atoms with Gasteiger partial charge in [0, 0.05) is 9.77 Å². The molecule has 13 heavy (non-hydrogen) atoms. The monoisotopic (exact) mass is 284 g/mol. The normalized spacial score (nSPS) is 10.3. The van der Waals surface area contributed by atoms with Gasteiger partial charge < -0.3 is 4.57 Å². The Morgan fingerprint density at radius 1 is 1.31 bits per heavy atom. The molecule has 66 valence electrons. The van der Waals surface area contributed by atoms with Crippen LogP contribution >= 0.6 is 22.6 Å². The summed E-state index contributed by atoms with van der Waals surface area (Å²) in [6.07, 6.45) is 3.87. The summed E-state index contributed by atoms with van der Waals surface area (Å²) in [4.78, 5) is 4.19. The number of hydrogen-bond donors (Lipinski definition) is 0. The number of rotatable bonds is 1. The van der Waals surface area contributed by atoms with Gasteiger partial charge in [0.15, 0.2) is 0 Å². The van der Waals surface area contributed by atoms with Gasteiger partial charge in [-0.15, -0.1) is 0 Å². The summed E-state index contributed by atoms with van der Waals surface area (Å²) in [5.41, 5.74) is 2.23. The van der Waals surface area contributed by atoms with Gasteiger partial charge in [0.1, 0.15) is 0 Å². The molecular formula is C10H9IN2. The first-order chi connectivity index (χ1) is 6.27. The number of nitrogens with zero attached hydrogens (tertiary/aromatic N) is 2.